The van der Waals surface area contributed by atoms with Gasteiger partial charge in [-0.25, -0.2) is 0 Å². The number of hydrogen-bond acceptors (Lipinski definition) is 3. The van der Waals surface area contributed by atoms with Crippen LogP contribution in [0.5, 0.6) is 0 Å². The molecule has 0 radical (unpaired) electrons. The van der Waals surface area contributed by atoms with Crippen LogP contribution in [0.15, 0.2) is 0 Å². The van der Waals surface area contributed by atoms with E-state index in [2.05, 4.69) is 0 Å². The summed E-state index contributed by atoms with van der Waals surface area (Å²) in [5.74, 6) is -1.18. The third-order valence-electron chi connectivity index (χ3n) is 0.946. The van der Waals surface area contributed by atoms with Crippen molar-refractivity contribution in [3.63, 3.8) is 0 Å². The highest BCUT2D eigenvalue weighted by Crippen LogP contribution is 2.32. The standard InChI is InChI=1S/C4H8NO4P/c1-4(5,10(8)9)2-3(6)7/h2,5H2,1H3,(H-,6,7,8,9)/p+1/t4-/m0/s1. The van der Waals surface area contributed by atoms with Crippen LogP contribution in [-0.4, -0.2) is 21.2 Å². The van der Waals surface area contributed by atoms with Crippen molar-refractivity contribution in [1.29, 1.82) is 0 Å². The monoisotopic (exact) mass is 166 g/mol. The first-order chi connectivity index (χ1) is 4.36. The molecule has 0 heterocycles. The van der Waals surface area contributed by atoms with Crippen molar-refractivity contribution in [2.45, 2.75) is 18.6 Å². The van der Waals surface area contributed by atoms with Gasteiger partial charge in [-0.15, -0.1) is 0 Å². The van der Waals surface area contributed by atoms with E-state index in [4.69, 9.17) is 15.7 Å². The molecule has 0 aromatic heterocycles. The molecule has 1 unspecified atom stereocenters. The molecule has 4 N–H and O–H groups in total. The molecule has 0 amide bonds. The maximum atomic E-state index is 10.3. The Morgan fingerprint density at radius 1 is 1.80 bits per heavy atom. The summed E-state index contributed by atoms with van der Waals surface area (Å²) in [7, 11) is -2.63. The van der Waals surface area contributed by atoms with E-state index in [1.54, 1.807) is 0 Å². The van der Waals surface area contributed by atoms with Crippen molar-refractivity contribution >= 4 is 14.0 Å². The minimum Gasteiger partial charge on any atom is -0.481 e. The summed E-state index contributed by atoms with van der Waals surface area (Å²) < 4.78 is 10.3. The molecule has 0 bridgehead atoms. The molecule has 0 saturated carbocycles. The second kappa shape index (κ2) is 3.05. The van der Waals surface area contributed by atoms with Crippen LogP contribution in [0, 0.1) is 0 Å². The van der Waals surface area contributed by atoms with Gasteiger partial charge >= 0.3 is 14.0 Å². The van der Waals surface area contributed by atoms with Crippen LogP contribution >= 0.6 is 8.03 Å². The fourth-order valence-electron chi connectivity index (χ4n) is 0.374. The largest absolute Gasteiger partial charge is 0.527 e. The third kappa shape index (κ3) is 2.87. The van der Waals surface area contributed by atoms with E-state index in [0.29, 0.717) is 0 Å². The first kappa shape index (κ1) is 9.49. The fourth-order valence-corrected chi connectivity index (χ4v) is 0.644. The van der Waals surface area contributed by atoms with E-state index in [-0.39, 0.29) is 0 Å². The fraction of sp³-hybridized carbons (Fsp3) is 0.750. The number of carbonyl (C=O) groups is 1. The maximum absolute atomic E-state index is 10.3. The highest BCUT2D eigenvalue weighted by Gasteiger charge is 2.42. The molecule has 6 heteroatoms. The van der Waals surface area contributed by atoms with E-state index in [9.17, 15) is 9.36 Å². The summed E-state index contributed by atoms with van der Waals surface area (Å²) in [6.45, 7) is 1.22. The van der Waals surface area contributed by atoms with E-state index in [1.807, 2.05) is 0 Å². The van der Waals surface area contributed by atoms with Gasteiger partial charge in [0.05, 0.1) is 0 Å². The number of rotatable bonds is 3. The van der Waals surface area contributed by atoms with Gasteiger partial charge in [0.25, 0.3) is 5.28 Å². The lowest BCUT2D eigenvalue weighted by molar-refractivity contribution is -0.137. The van der Waals surface area contributed by atoms with Gasteiger partial charge in [0, 0.05) is 6.92 Å². The summed E-state index contributed by atoms with van der Waals surface area (Å²) in [6, 6.07) is 0. The molecular weight excluding hydrogens is 157 g/mol. The average molecular weight is 166 g/mol. The van der Waals surface area contributed by atoms with E-state index in [1.165, 1.54) is 6.92 Å². The molecule has 0 fully saturated rings. The van der Waals surface area contributed by atoms with Crippen LogP contribution < -0.4 is 5.73 Å². The van der Waals surface area contributed by atoms with Gasteiger partial charge in [-0.1, -0.05) is 0 Å². The zero-order valence-electron chi connectivity index (χ0n) is 5.44. The second-order valence-electron chi connectivity index (χ2n) is 2.20. The molecule has 0 rings (SSSR count). The number of carboxylic acids is 1. The molecule has 0 aliphatic carbocycles. The zero-order chi connectivity index (χ0) is 8.36. The molecule has 0 aromatic carbocycles. The van der Waals surface area contributed by atoms with E-state index < -0.39 is 25.7 Å². The minimum absolute atomic E-state index is 0.501. The van der Waals surface area contributed by atoms with Crippen molar-refractivity contribution < 1.29 is 19.4 Å². The van der Waals surface area contributed by atoms with Crippen LogP contribution in [0.25, 0.3) is 0 Å². The highest BCUT2D eigenvalue weighted by atomic mass is 31.1. The van der Waals surface area contributed by atoms with Crippen LogP contribution in [-0.2, 0) is 9.36 Å². The molecule has 0 aromatic rings. The van der Waals surface area contributed by atoms with Gasteiger partial charge < -0.3 is 5.11 Å². The van der Waals surface area contributed by atoms with Crippen molar-refractivity contribution in [3.05, 3.63) is 0 Å². The SMILES string of the molecule is C[C@@](N)(CC(=O)O)[P+](=O)O. The van der Waals surface area contributed by atoms with Gasteiger partial charge in [0.15, 0.2) is 0 Å². The summed E-state index contributed by atoms with van der Waals surface area (Å²) in [5.41, 5.74) is 5.15. The summed E-state index contributed by atoms with van der Waals surface area (Å²) in [5, 5.41) is 6.67. The summed E-state index contributed by atoms with van der Waals surface area (Å²) >= 11 is 0. The Hall–Kier alpha value is -0.510. The molecule has 0 saturated heterocycles. The lowest BCUT2D eigenvalue weighted by Crippen LogP contribution is -2.34. The molecular formula is C4H9NO4P+. The smallest absolute Gasteiger partial charge is 0.481 e. The number of carboxylic acid groups (broad SMARTS) is 1. The van der Waals surface area contributed by atoms with Crippen LogP contribution in [0.3, 0.4) is 0 Å². The van der Waals surface area contributed by atoms with Crippen LogP contribution in [0.2, 0.25) is 0 Å². The lowest BCUT2D eigenvalue weighted by Gasteiger charge is -2.04. The van der Waals surface area contributed by atoms with E-state index in [0.717, 1.165) is 0 Å². The Kier molecular flexibility index (Phi) is 2.90. The van der Waals surface area contributed by atoms with Gasteiger partial charge in [-0.3, -0.25) is 10.5 Å². The van der Waals surface area contributed by atoms with Gasteiger partial charge in [0.1, 0.15) is 6.42 Å². The molecule has 10 heavy (non-hydrogen) atoms. The van der Waals surface area contributed by atoms with E-state index >= 15 is 0 Å². The number of aliphatic carboxylic acids is 1. The Bertz CT molecular complexity index is 167. The quantitative estimate of drug-likeness (QED) is 0.507. The lowest BCUT2D eigenvalue weighted by atomic mass is 10.2. The molecule has 2 atom stereocenters. The first-order valence-corrected chi connectivity index (χ1v) is 3.74. The molecule has 0 aliphatic rings. The number of hydrogen-bond donors (Lipinski definition) is 3. The van der Waals surface area contributed by atoms with Crippen LogP contribution in [0.4, 0.5) is 0 Å². The second-order valence-corrected chi connectivity index (χ2v) is 3.77. The van der Waals surface area contributed by atoms with Gasteiger partial charge in [-0.05, 0) is 4.57 Å². The van der Waals surface area contributed by atoms with Crippen molar-refractivity contribution in [2.24, 2.45) is 5.73 Å². The Labute approximate surface area is 58.7 Å². The summed E-state index contributed by atoms with van der Waals surface area (Å²) in [6.07, 6.45) is -0.501. The Morgan fingerprint density at radius 2 is 2.20 bits per heavy atom. The highest BCUT2D eigenvalue weighted by molar-refractivity contribution is 7.39. The predicted molar refractivity (Wildman–Crippen MR) is 34.7 cm³/mol. The molecule has 0 spiro atoms. The van der Waals surface area contributed by atoms with Crippen molar-refractivity contribution in [1.82, 2.24) is 0 Å². The zero-order valence-corrected chi connectivity index (χ0v) is 6.34. The van der Waals surface area contributed by atoms with Gasteiger partial charge in [-0.2, -0.15) is 4.89 Å². The van der Waals surface area contributed by atoms with Gasteiger partial charge in [0.2, 0.25) is 0 Å². The maximum Gasteiger partial charge on any atom is 0.527 e. The number of nitrogens with two attached hydrogens (primary N) is 1. The van der Waals surface area contributed by atoms with Crippen LogP contribution in [0.1, 0.15) is 13.3 Å². The average Bonchev–Trinajstić information content (AvgIpc) is 1.60. The Balaban J connectivity index is 4.13. The van der Waals surface area contributed by atoms with Crippen molar-refractivity contribution in [3.8, 4) is 0 Å². The third-order valence-corrected chi connectivity index (χ3v) is 1.98. The predicted octanol–water partition coefficient (Wildman–Crippen LogP) is -0.129. The normalized spacial score (nSPS) is 17.7. The minimum atomic E-state index is -2.63. The molecule has 5 nitrogen and oxygen atoms in total. The Morgan fingerprint density at radius 3 is 2.30 bits per heavy atom. The topological polar surface area (TPSA) is 101 Å². The first-order valence-electron chi connectivity index (χ1n) is 2.53. The molecule has 0 aliphatic heterocycles. The van der Waals surface area contributed by atoms with Crippen molar-refractivity contribution in [2.75, 3.05) is 0 Å². The molecule has 58 valence electrons. The summed E-state index contributed by atoms with van der Waals surface area (Å²) in [4.78, 5) is 18.4.